The summed E-state index contributed by atoms with van der Waals surface area (Å²) in [5.74, 6) is -1.55. The van der Waals surface area contributed by atoms with E-state index in [2.05, 4.69) is 15.4 Å². The molecule has 1 unspecified atom stereocenters. The number of aryl methyl sites for hydroxylation is 1. The molecule has 0 aliphatic heterocycles. The first kappa shape index (κ1) is 17.2. The number of nitrogens with zero attached hydrogens (tertiary/aromatic N) is 3. The van der Waals surface area contributed by atoms with Crippen molar-refractivity contribution in [2.75, 3.05) is 0 Å². The Balaban J connectivity index is 2.35. The fraction of sp³-hybridized carbons (Fsp3) is 0.286. The highest BCUT2D eigenvalue weighted by Gasteiger charge is 2.23. The fourth-order valence-electron chi connectivity index (χ4n) is 1.95. The molecule has 2 aromatic rings. The lowest BCUT2D eigenvalue weighted by Gasteiger charge is -2.10. The summed E-state index contributed by atoms with van der Waals surface area (Å²) in [6.45, 7) is 3.29. The molecule has 0 spiro atoms. The van der Waals surface area contributed by atoms with Crippen molar-refractivity contribution in [3.8, 4) is 5.69 Å². The standard InChI is InChI=1S/C14H14Cl2N4O3/c1-3-10(14(22)23)18-13(21)12-17-7(2)20(19-12)11-8(15)5-4-6-9(11)16/h4-6,10H,3H2,1-2H3,(H,18,21)(H,22,23). The second-order valence-corrected chi connectivity index (χ2v) is 5.55. The van der Waals surface area contributed by atoms with Gasteiger partial charge in [-0.3, -0.25) is 4.79 Å². The van der Waals surface area contributed by atoms with Crippen molar-refractivity contribution in [3.05, 3.63) is 39.9 Å². The molecule has 1 heterocycles. The maximum atomic E-state index is 12.1. The first-order valence-electron chi connectivity index (χ1n) is 6.76. The van der Waals surface area contributed by atoms with E-state index in [4.69, 9.17) is 28.3 Å². The molecular weight excluding hydrogens is 343 g/mol. The van der Waals surface area contributed by atoms with Crippen LogP contribution >= 0.6 is 23.2 Å². The van der Waals surface area contributed by atoms with Gasteiger partial charge in [-0.2, -0.15) is 0 Å². The number of halogens is 2. The lowest BCUT2D eigenvalue weighted by molar-refractivity contribution is -0.139. The molecule has 0 radical (unpaired) electrons. The van der Waals surface area contributed by atoms with Crippen molar-refractivity contribution in [1.82, 2.24) is 20.1 Å². The largest absolute Gasteiger partial charge is 0.480 e. The molecular formula is C14H14Cl2N4O3. The van der Waals surface area contributed by atoms with E-state index in [-0.39, 0.29) is 12.2 Å². The third-order valence-electron chi connectivity index (χ3n) is 3.13. The van der Waals surface area contributed by atoms with Crippen molar-refractivity contribution in [2.24, 2.45) is 0 Å². The minimum Gasteiger partial charge on any atom is -0.480 e. The van der Waals surface area contributed by atoms with Crippen LogP contribution in [0.2, 0.25) is 10.0 Å². The number of hydrogen-bond acceptors (Lipinski definition) is 4. The summed E-state index contributed by atoms with van der Waals surface area (Å²) in [5, 5.41) is 16.1. The monoisotopic (exact) mass is 356 g/mol. The molecule has 2 rings (SSSR count). The molecule has 0 fully saturated rings. The van der Waals surface area contributed by atoms with Gasteiger partial charge in [-0.05, 0) is 25.5 Å². The number of carboxylic acid groups (broad SMARTS) is 1. The average molecular weight is 357 g/mol. The number of carbonyl (C=O) groups is 2. The van der Waals surface area contributed by atoms with Crippen LogP contribution in [0.4, 0.5) is 0 Å². The quantitative estimate of drug-likeness (QED) is 0.857. The van der Waals surface area contributed by atoms with Crippen LogP contribution in [-0.2, 0) is 4.79 Å². The average Bonchev–Trinajstić information content (AvgIpc) is 2.86. The maximum Gasteiger partial charge on any atom is 0.326 e. The lowest BCUT2D eigenvalue weighted by Crippen LogP contribution is -2.40. The van der Waals surface area contributed by atoms with Crippen molar-refractivity contribution in [3.63, 3.8) is 0 Å². The van der Waals surface area contributed by atoms with Gasteiger partial charge in [0.15, 0.2) is 0 Å². The molecule has 122 valence electrons. The van der Waals surface area contributed by atoms with E-state index in [9.17, 15) is 9.59 Å². The molecule has 23 heavy (non-hydrogen) atoms. The molecule has 1 aromatic carbocycles. The Hall–Kier alpha value is -2.12. The molecule has 1 atom stereocenters. The number of carboxylic acids is 1. The summed E-state index contributed by atoms with van der Waals surface area (Å²) < 4.78 is 1.35. The zero-order valence-electron chi connectivity index (χ0n) is 12.4. The summed E-state index contributed by atoms with van der Waals surface area (Å²) in [7, 11) is 0. The van der Waals surface area contributed by atoms with Crippen molar-refractivity contribution in [2.45, 2.75) is 26.3 Å². The zero-order valence-corrected chi connectivity index (χ0v) is 13.9. The van der Waals surface area contributed by atoms with Gasteiger partial charge in [0.1, 0.15) is 17.6 Å². The highest BCUT2D eigenvalue weighted by Crippen LogP contribution is 2.28. The number of carbonyl (C=O) groups excluding carboxylic acids is 1. The smallest absolute Gasteiger partial charge is 0.326 e. The van der Waals surface area contributed by atoms with E-state index in [1.54, 1.807) is 32.0 Å². The van der Waals surface area contributed by atoms with Crippen LogP contribution in [0.25, 0.3) is 5.69 Å². The van der Waals surface area contributed by atoms with Gasteiger partial charge >= 0.3 is 5.97 Å². The number of aromatic nitrogens is 3. The normalized spacial score (nSPS) is 12.0. The summed E-state index contributed by atoms with van der Waals surface area (Å²) in [5.41, 5.74) is 0.408. The predicted octanol–water partition coefficient (Wildman–Crippen LogP) is 2.48. The SMILES string of the molecule is CCC(NC(=O)c1nc(C)n(-c2c(Cl)cccc2Cl)n1)C(=O)O. The maximum absolute atomic E-state index is 12.1. The van der Waals surface area contributed by atoms with E-state index in [0.29, 0.717) is 21.6 Å². The van der Waals surface area contributed by atoms with E-state index < -0.39 is 17.9 Å². The molecule has 0 bridgehead atoms. The highest BCUT2D eigenvalue weighted by atomic mass is 35.5. The number of para-hydroxylation sites is 1. The van der Waals surface area contributed by atoms with Gasteiger partial charge in [0.25, 0.3) is 5.91 Å². The lowest BCUT2D eigenvalue weighted by atomic mass is 10.2. The molecule has 1 amide bonds. The second-order valence-electron chi connectivity index (χ2n) is 4.74. The Labute approximate surface area is 142 Å². The number of benzene rings is 1. The summed E-state index contributed by atoms with van der Waals surface area (Å²) in [6.07, 6.45) is 0.247. The number of rotatable bonds is 5. The molecule has 0 aliphatic carbocycles. The van der Waals surface area contributed by atoms with Crippen LogP contribution in [0, 0.1) is 6.92 Å². The van der Waals surface area contributed by atoms with Crippen molar-refractivity contribution < 1.29 is 14.7 Å². The minimum absolute atomic E-state index is 0.154. The third kappa shape index (κ3) is 3.62. The molecule has 9 heteroatoms. The van der Waals surface area contributed by atoms with Gasteiger partial charge in [-0.25, -0.2) is 14.5 Å². The van der Waals surface area contributed by atoms with E-state index in [1.807, 2.05) is 0 Å². The number of aliphatic carboxylic acids is 1. The van der Waals surface area contributed by atoms with Gasteiger partial charge in [0.05, 0.1) is 10.0 Å². The summed E-state index contributed by atoms with van der Waals surface area (Å²) in [4.78, 5) is 27.1. The van der Waals surface area contributed by atoms with Gasteiger partial charge in [0.2, 0.25) is 5.82 Å². The van der Waals surface area contributed by atoms with Gasteiger partial charge in [-0.15, -0.1) is 5.10 Å². The van der Waals surface area contributed by atoms with E-state index in [0.717, 1.165) is 0 Å². The third-order valence-corrected chi connectivity index (χ3v) is 3.74. The summed E-state index contributed by atoms with van der Waals surface area (Å²) >= 11 is 12.2. The van der Waals surface area contributed by atoms with Crippen molar-refractivity contribution >= 4 is 35.1 Å². The molecule has 0 aliphatic rings. The van der Waals surface area contributed by atoms with Crippen LogP contribution in [-0.4, -0.2) is 37.8 Å². The molecule has 1 aromatic heterocycles. The Kier molecular flexibility index (Phi) is 5.23. The minimum atomic E-state index is -1.12. The predicted molar refractivity (Wildman–Crippen MR) is 85.3 cm³/mol. The molecule has 2 N–H and O–H groups in total. The molecule has 0 saturated heterocycles. The topological polar surface area (TPSA) is 97.1 Å². The second kappa shape index (κ2) is 6.97. The van der Waals surface area contributed by atoms with Crippen LogP contribution in [0.1, 0.15) is 29.8 Å². The highest BCUT2D eigenvalue weighted by molar-refractivity contribution is 6.37. The van der Waals surface area contributed by atoms with Gasteiger partial charge < -0.3 is 10.4 Å². The van der Waals surface area contributed by atoms with Gasteiger partial charge in [0, 0.05) is 0 Å². The van der Waals surface area contributed by atoms with Crippen LogP contribution in [0.5, 0.6) is 0 Å². The summed E-state index contributed by atoms with van der Waals surface area (Å²) in [6, 6.07) is 3.97. The van der Waals surface area contributed by atoms with Crippen LogP contribution in [0.3, 0.4) is 0 Å². The fourth-order valence-corrected chi connectivity index (χ4v) is 2.51. The van der Waals surface area contributed by atoms with E-state index >= 15 is 0 Å². The Bertz CT molecular complexity index is 740. The van der Waals surface area contributed by atoms with Gasteiger partial charge in [-0.1, -0.05) is 36.2 Å². The van der Waals surface area contributed by atoms with Crippen LogP contribution < -0.4 is 5.32 Å². The van der Waals surface area contributed by atoms with Crippen molar-refractivity contribution in [1.29, 1.82) is 0 Å². The Morgan fingerprint density at radius 2 is 1.96 bits per heavy atom. The zero-order chi connectivity index (χ0) is 17.1. The first-order valence-corrected chi connectivity index (χ1v) is 7.52. The number of hydrogen-bond donors (Lipinski definition) is 2. The Morgan fingerprint density at radius 1 is 1.35 bits per heavy atom. The van der Waals surface area contributed by atoms with E-state index in [1.165, 1.54) is 4.68 Å². The Morgan fingerprint density at radius 3 is 2.48 bits per heavy atom. The number of amides is 1. The first-order chi connectivity index (χ1) is 10.8. The molecule has 0 saturated carbocycles. The molecule has 7 nitrogen and oxygen atoms in total. The number of nitrogens with one attached hydrogen (secondary N) is 1. The van der Waals surface area contributed by atoms with Crippen LogP contribution in [0.15, 0.2) is 18.2 Å².